The van der Waals surface area contributed by atoms with Gasteiger partial charge in [0.25, 0.3) is 0 Å². The highest BCUT2D eigenvalue weighted by Gasteiger charge is 2.26. The van der Waals surface area contributed by atoms with Crippen molar-refractivity contribution in [1.29, 1.82) is 0 Å². The standard InChI is InChI=1S/C10H14N2O3S/c1-12(2)4-6-3-11-8-7(15-6)5-16-9(8)10(13)14/h5-6,11H,3-4H2,1-2H3,(H,13,14). The summed E-state index contributed by atoms with van der Waals surface area (Å²) in [7, 11) is 3.96. The molecule has 88 valence electrons. The van der Waals surface area contributed by atoms with E-state index in [1.807, 2.05) is 19.0 Å². The number of carboxylic acid groups (broad SMARTS) is 1. The van der Waals surface area contributed by atoms with E-state index in [0.29, 0.717) is 22.9 Å². The number of nitrogens with one attached hydrogen (secondary N) is 1. The number of thiophene rings is 1. The van der Waals surface area contributed by atoms with Crippen LogP contribution in [0.2, 0.25) is 0 Å². The molecule has 6 heteroatoms. The third kappa shape index (κ3) is 2.12. The fourth-order valence-corrected chi connectivity index (χ4v) is 2.49. The molecule has 2 rings (SSSR count). The van der Waals surface area contributed by atoms with Gasteiger partial charge in [-0.2, -0.15) is 0 Å². The van der Waals surface area contributed by atoms with Gasteiger partial charge in [-0.25, -0.2) is 4.79 Å². The number of anilines is 1. The minimum atomic E-state index is -0.909. The molecular weight excluding hydrogens is 228 g/mol. The van der Waals surface area contributed by atoms with Crippen molar-refractivity contribution >= 4 is 23.0 Å². The summed E-state index contributed by atoms with van der Waals surface area (Å²) in [6.07, 6.45) is 0.0683. The minimum Gasteiger partial charge on any atom is -0.484 e. The molecule has 5 nitrogen and oxygen atoms in total. The summed E-state index contributed by atoms with van der Waals surface area (Å²) >= 11 is 1.19. The van der Waals surface area contributed by atoms with Gasteiger partial charge in [0, 0.05) is 11.9 Å². The molecule has 1 atom stereocenters. The number of carboxylic acids is 1. The van der Waals surface area contributed by atoms with E-state index in [-0.39, 0.29) is 6.10 Å². The van der Waals surface area contributed by atoms with Gasteiger partial charge >= 0.3 is 5.97 Å². The molecule has 2 N–H and O–H groups in total. The number of hydrogen-bond acceptors (Lipinski definition) is 5. The Labute approximate surface area is 97.6 Å². The summed E-state index contributed by atoms with van der Waals surface area (Å²) in [5.74, 6) is -0.256. The number of carbonyl (C=O) groups is 1. The highest BCUT2D eigenvalue weighted by molar-refractivity contribution is 7.13. The topological polar surface area (TPSA) is 61.8 Å². The maximum absolute atomic E-state index is 10.9. The smallest absolute Gasteiger partial charge is 0.348 e. The van der Waals surface area contributed by atoms with Gasteiger partial charge in [-0.1, -0.05) is 0 Å². The third-order valence-electron chi connectivity index (χ3n) is 2.32. The van der Waals surface area contributed by atoms with Crippen LogP contribution in [-0.4, -0.2) is 49.3 Å². The van der Waals surface area contributed by atoms with E-state index in [1.54, 1.807) is 5.38 Å². The quantitative estimate of drug-likeness (QED) is 0.833. The lowest BCUT2D eigenvalue weighted by molar-refractivity contribution is 0.0702. The van der Waals surface area contributed by atoms with Gasteiger partial charge in [0.2, 0.25) is 0 Å². The summed E-state index contributed by atoms with van der Waals surface area (Å²) in [6, 6.07) is 0. The first kappa shape index (κ1) is 11.2. The van der Waals surface area contributed by atoms with Crippen molar-refractivity contribution in [3.63, 3.8) is 0 Å². The van der Waals surface area contributed by atoms with Crippen LogP contribution in [0.5, 0.6) is 5.75 Å². The number of nitrogens with zero attached hydrogens (tertiary/aromatic N) is 1. The maximum atomic E-state index is 10.9. The number of likely N-dealkylation sites (N-methyl/N-ethyl adjacent to an activating group) is 1. The molecule has 0 saturated heterocycles. The molecule has 0 amide bonds. The van der Waals surface area contributed by atoms with Crippen LogP contribution < -0.4 is 10.1 Å². The van der Waals surface area contributed by atoms with Crippen molar-refractivity contribution in [1.82, 2.24) is 4.90 Å². The Balaban J connectivity index is 2.14. The maximum Gasteiger partial charge on any atom is 0.348 e. The number of hydrogen-bond donors (Lipinski definition) is 2. The van der Waals surface area contributed by atoms with Crippen LogP contribution >= 0.6 is 11.3 Å². The summed E-state index contributed by atoms with van der Waals surface area (Å²) < 4.78 is 5.72. The molecule has 0 fully saturated rings. The average Bonchev–Trinajstić information content (AvgIpc) is 2.59. The van der Waals surface area contributed by atoms with E-state index >= 15 is 0 Å². The number of fused-ring (bicyclic) bond motifs is 1. The molecule has 0 spiro atoms. The first-order chi connectivity index (χ1) is 7.58. The fourth-order valence-electron chi connectivity index (χ4n) is 1.70. The Kier molecular flexibility index (Phi) is 3.02. The molecule has 0 aromatic carbocycles. The van der Waals surface area contributed by atoms with Crippen LogP contribution in [0.4, 0.5) is 5.69 Å². The molecule has 1 aromatic rings. The van der Waals surface area contributed by atoms with E-state index < -0.39 is 5.97 Å². The lowest BCUT2D eigenvalue weighted by atomic mass is 10.2. The van der Waals surface area contributed by atoms with Crippen molar-refractivity contribution in [3.05, 3.63) is 10.3 Å². The number of ether oxygens (including phenoxy) is 1. The summed E-state index contributed by atoms with van der Waals surface area (Å²) in [5, 5.41) is 13.8. The minimum absolute atomic E-state index is 0.0683. The number of aromatic carboxylic acids is 1. The normalized spacial score (nSPS) is 18.8. The molecule has 1 unspecified atom stereocenters. The fraction of sp³-hybridized carbons (Fsp3) is 0.500. The monoisotopic (exact) mass is 242 g/mol. The lowest BCUT2D eigenvalue weighted by Gasteiger charge is -2.27. The van der Waals surface area contributed by atoms with Crippen LogP contribution in [0.15, 0.2) is 5.38 Å². The van der Waals surface area contributed by atoms with Gasteiger partial charge in [-0.05, 0) is 14.1 Å². The molecule has 2 heterocycles. The second-order valence-electron chi connectivity index (χ2n) is 3.99. The second-order valence-corrected chi connectivity index (χ2v) is 4.87. The molecule has 0 saturated carbocycles. The van der Waals surface area contributed by atoms with Gasteiger partial charge in [0.15, 0.2) is 5.75 Å². The van der Waals surface area contributed by atoms with Crippen molar-refractivity contribution in [2.75, 3.05) is 32.5 Å². The predicted molar refractivity (Wildman–Crippen MR) is 62.7 cm³/mol. The van der Waals surface area contributed by atoms with E-state index in [1.165, 1.54) is 11.3 Å². The Morgan fingerprint density at radius 3 is 3.12 bits per heavy atom. The summed E-state index contributed by atoms with van der Waals surface area (Å²) in [5.41, 5.74) is 0.618. The molecule has 1 aliphatic heterocycles. The van der Waals surface area contributed by atoms with Crippen LogP contribution in [0.1, 0.15) is 9.67 Å². The van der Waals surface area contributed by atoms with Crippen LogP contribution in [0.3, 0.4) is 0 Å². The van der Waals surface area contributed by atoms with Gasteiger partial charge < -0.3 is 20.1 Å². The van der Waals surface area contributed by atoms with E-state index in [4.69, 9.17) is 9.84 Å². The van der Waals surface area contributed by atoms with Gasteiger partial charge in [-0.3, -0.25) is 0 Å². The van der Waals surface area contributed by atoms with Crippen LogP contribution in [0, 0.1) is 0 Å². The lowest BCUT2D eigenvalue weighted by Crippen LogP contribution is -2.38. The van der Waals surface area contributed by atoms with E-state index in [0.717, 1.165) is 6.54 Å². The molecule has 1 aliphatic rings. The zero-order chi connectivity index (χ0) is 11.7. The molecule has 0 aliphatic carbocycles. The van der Waals surface area contributed by atoms with Crippen molar-refractivity contribution in [3.8, 4) is 5.75 Å². The molecular formula is C10H14N2O3S. The SMILES string of the molecule is CN(C)CC1CNc2c(csc2C(=O)O)O1. The molecule has 0 radical (unpaired) electrons. The Hall–Kier alpha value is -1.27. The summed E-state index contributed by atoms with van der Waals surface area (Å²) in [4.78, 5) is 13.3. The first-order valence-corrected chi connectivity index (χ1v) is 5.86. The highest BCUT2D eigenvalue weighted by atomic mass is 32.1. The molecule has 1 aromatic heterocycles. The molecule has 0 bridgehead atoms. The van der Waals surface area contributed by atoms with Crippen molar-refractivity contribution in [2.24, 2.45) is 0 Å². The second kappa shape index (κ2) is 4.31. The summed E-state index contributed by atoms with van der Waals surface area (Å²) in [6.45, 7) is 1.45. The van der Waals surface area contributed by atoms with Gasteiger partial charge in [0.1, 0.15) is 16.7 Å². The average molecular weight is 242 g/mol. The first-order valence-electron chi connectivity index (χ1n) is 4.98. The van der Waals surface area contributed by atoms with Crippen LogP contribution in [-0.2, 0) is 0 Å². The molecule has 16 heavy (non-hydrogen) atoms. The van der Waals surface area contributed by atoms with Crippen molar-refractivity contribution < 1.29 is 14.6 Å². The Bertz CT molecular complexity index is 403. The van der Waals surface area contributed by atoms with Gasteiger partial charge in [0.05, 0.1) is 6.54 Å². The number of rotatable bonds is 3. The van der Waals surface area contributed by atoms with E-state index in [2.05, 4.69) is 5.32 Å². The van der Waals surface area contributed by atoms with Crippen molar-refractivity contribution in [2.45, 2.75) is 6.10 Å². The Morgan fingerprint density at radius 1 is 1.75 bits per heavy atom. The van der Waals surface area contributed by atoms with E-state index in [9.17, 15) is 4.79 Å². The Morgan fingerprint density at radius 2 is 2.50 bits per heavy atom. The largest absolute Gasteiger partial charge is 0.484 e. The van der Waals surface area contributed by atoms with Crippen LogP contribution in [0.25, 0.3) is 0 Å². The third-order valence-corrected chi connectivity index (χ3v) is 3.27. The van der Waals surface area contributed by atoms with Gasteiger partial charge in [-0.15, -0.1) is 11.3 Å². The predicted octanol–water partition coefficient (Wildman–Crippen LogP) is 1.18. The zero-order valence-electron chi connectivity index (χ0n) is 9.19. The highest BCUT2D eigenvalue weighted by Crippen LogP contribution is 2.37. The zero-order valence-corrected chi connectivity index (χ0v) is 10.0.